The third-order valence-corrected chi connectivity index (χ3v) is 5.07. The van der Waals surface area contributed by atoms with Crippen molar-refractivity contribution >= 4 is 17.6 Å². The SMILES string of the molecule is C=CCN1C(=O)C2(C(C(=O)OCC)=C(N)Oc3n[nH]c(C)c32)c2ccccc21. The van der Waals surface area contributed by atoms with Gasteiger partial charge in [0.05, 0.1) is 12.2 Å². The van der Waals surface area contributed by atoms with Crippen molar-refractivity contribution in [2.75, 3.05) is 18.1 Å². The van der Waals surface area contributed by atoms with E-state index < -0.39 is 11.4 Å². The molecule has 0 fully saturated rings. The molecule has 1 aromatic carbocycles. The minimum atomic E-state index is -1.50. The van der Waals surface area contributed by atoms with Crippen LogP contribution in [-0.4, -0.2) is 35.2 Å². The van der Waals surface area contributed by atoms with E-state index in [0.29, 0.717) is 22.5 Å². The number of ether oxygens (including phenoxy) is 2. The number of rotatable bonds is 4. The summed E-state index contributed by atoms with van der Waals surface area (Å²) in [6.45, 7) is 7.62. The number of esters is 1. The van der Waals surface area contributed by atoms with E-state index in [-0.39, 0.29) is 36.4 Å². The lowest BCUT2D eigenvalue weighted by Crippen LogP contribution is -2.48. The average Bonchev–Trinajstić information content (AvgIpc) is 3.15. The van der Waals surface area contributed by atoms with Crippen LogP contribution in [0.5, 0.6) is 5.88 Å². The Morgan fingerprint density at radius 1 is 1.46 bits per heavy atom. The number of fused-ring (bicyclic) bond motifs is 4. The molecule has 2 aliphatic rings. The summed E-state index contributed by atoms with van der Waals surface area (Å²) in [5, 5.41) is 6.98. The molecule has 1 aromatic heterocycles. The minimum absolute atomic E-state index is 0.0321. The van der Waals surface area contributed by atoms with Gasteiger partial charge in [-0.1, -0.05) is 24.3 Å². The number of aromatic nitrogens is 2. The predicted octanol–water partition coefficient (Wildman–Crippen LogP) is 1.66. The summed E-state index contributed by atoms with van der Waals surface area (Å²) in [6.07, 6.45) is 1.63. The molecule has 8 heteroatoms. The van der Waals surface area contributed by atoms with Crippen molar-refractivity contribution in [2.45, 2.75) is 19.3 Å². The predicted molar refractivity (Wildman–Crippen MR) is 102 cm³/mol. The van der Waals surface area contributed by atoms with Crippen molar-refractivity contribution in [3.63, 3.8) is 0 Å². The van der Waals surface area contributed by atoms with E-state index in [9.17, 15) is 9.59 Å². The minimum Gasteiger partial charge on any atom is -0.462 e. The zero-order valence-electron chi connectivity index (χ0n) is 15.6. The molecule has 3 N–H and O–H groups in total. The lowest BCUT2D eigenvalue weighted by Gasteiger charge is -2.34. The molecular formula is C20H20N4O4. The van der Waals surface area contributed by atoms with Crippen molar-refractivity contribution in [1.82, 2.24) is 10.2 Å². The van der Waals surface area contributed by atoms with Crippen LogP contribution in [0.4, 0.5) is 5.69 Å². The summed E-state index contributed by atoms with van der Waals surface area (Å²) in [5.74, 6) is -1.05. The average molecular weight is 380 g/mol. The Bertz CT molecular complexity index is 1040. The maximum absolute atomic E-state index is 13.9. The number of benzene rings is 1. The summed E-state index contributed by atoms with van der Waals surface area (Å²) in [7, 11) is 0. The van der Waals surface area contributed by atoms with Crippen LogP contribution >= 0.6 is 0 Å². The monoisotopic (exact) mass is 380 g/mol. The van der Waals surface area contributed by atoms with Crippen molar-refractivity contribution < 1.29 is 19.1 Å². The van der Waals surface area contributed by atoms with Gasteiger partial charge in [0, 0.05) is 23.5 Å². The second kappa shape index (κ2) is 6.26. The molecule has 2 aliphatic heterocycles. The highest BCUT2D eigenvalue weighted by molar-refractivity contribution is 6.18. The van der Waals surface area contributed by atoms with Gasteiger partial charge in [-0.3, -0.25) is 9.89 Å². The number of nitrogens with two attached hydrogens (primary N) is 1. The lowest BCUT2D eigenvalue weighted by molar-refractivity contribution is -0.140. The molecule has 0 bridgehead atoms. The standard InChI is InChI=1S/C20H20N4O4/c1-4-10-24-13-9-7-6-8-12(13)20(19(24)26)14-11(3)22-23-17(14)28-16(21)15(20)18(25)27-5-2/h4,6-9H,1,5,10,21H2,2-3H3,(H,22,23). The first-order valence-electron chi connectivity index (χ1n) is 8.91. The van der Waals surface area contributed by atoms with Crippen LogP contribution in [0.25, 0.3) is 0 Å². The molecular weight excluding hydrogens is 360 g/mol. The van der Waals surface area contributed by atoms with Crippen LogP contribution in [0.2, 0.25) is 0 Å². The van der Waals surface area contributed by atoms with Crippen molar-refractivity contribution in [2.24, 2.45) is 5.73 Å². The normalized spacial score (nSPS) is 20.1. The van der Waals surface area contributed by atoms with E-state index in [1.54, 1.807) is 24.8 Å². The molecule has 0 radical (unpaired) electrons. The number of hydrogen-bond donors (Lipinski definition) is 2. The summed E-state index contributed by atoms with van der Waals surface area (Å²) >= 11 is 0. The maximum Gasteiger partial charge on any atom is 0.341 e. The first kappa shape index (κ1) is 17.8. The highest BCUT2D eigenvalue weighted by Crippen LogP contribution is 2.55. The number of H-pyrrole nitrogens is 1. The fourth-order valence-electron chi connectivity index (χ4n) is 4.09. The first-order valence-corrected chi connectivity index (χ1v) is 8.91. The molecule has 144 valence electrons. The van der Waals surface area contributed by atoms with Crippen LogP contribution in [-0.2, 0) is 19.7 Å². The number of carbonyl (C=O) groups excluding carboxylic acids is 2. The van der Waals surface area contributed by atoms with E-state index in [1.165, 1.54) is 0 Å². The van der Waals surface area contributed by atoms with Crippen LogP contribution in [0.15, 0.2) is 48.4 Å². The number of para-hydroxylation sites is 1. The molecule has 1 amide bonds. The topological polar surface area (TPSA) is 111 Å². The van der Waals surface area contributed by atoms with Gasteiger partial charge in [0.1, 0.15) is 11.0 Å². The van der Waals surface area contributed by atoms with Gasteiger partial charge in [-0.25, -0.2) is 4.79 Å². The van der Waals surface area contributed by atoms with Gasteiger partial charge in [-0.2, -0.15) is 0 Å². The van der Waals surface area contributed by atoms with E-state index >= 15 is 0 Å². The third-order valence-electron chi connectivity index (χ3n) is 5.07. The van der Waals surface area contributed by atoms with Crippen LogP contribution < -0.4 is 15.4 Å². The molecule has 28 heavy (non-hydrogen) atoms. The molecule has 1 atom stereocenters. The summed E-state index contributed by atoms with van der Waals surface area (Å²) in [4.78, 5) is 28.4. The Labute approximate surface area is 161 Å². The summed E-state index contributed by atoms with van der Waals surface area (Å²) in [6, 6.07) is 7.29. The highest BCUT2D eigenvalue weighted by atomic mass is 16.5. The largest absolute Gasteiger partial charge is 0.462 e. The number of nitrogens with one attached hydrogen (secondary N) is 1. The van der Waals surface area contributed by atoms with Gasteiger partial charge in [0.25, 0.3) is 0 Å². The van der Waals surface area contributed by atoms with E-state index in [4.69, 9.17) is 15.2 Å². The molecule has 1 unspecified atom stereocenters. The molecule has 2 aromatic rings. The quantitative estimate of drug-likeness (QED) is 0.617. The smallest absolute Gasteiger partial charge is 0.341 e. The molecule has 1 spiro atoms. The molecule has 8 nitrogen and oxygen atoms in total. The Kier molecular flexibility index (Phi) is 3.99. The van der Waals surface area contributed by atoms with Gasteiger partial charge in [-0.05, 0) is 19.9 Å². The molecule has 0 saturated carbocycles. The van der Waals surface area contributed by atoms with E-state index in [2.05, 4.69) is 16.8 Å². The Balaban J connectivity index is 2.11. The zero-order valence-corrected chi connectivity index (χ0v) is 15.6. The van der Waals surface area contributed by atoms with Gasteiger partial charge in [0.15, 0.2) is 0 Å². The highest BCUT2D eigenvalue weighted by Gasteiger charge is 2.62. The Morgan fingerprint density at radius 3 is 2.93 bits per heavy atom. The van der Waals surface area contributed by atoms with Crippen molar-refractivity contribution in [3.8, 4) is 5.88 Å². The molecule has 0 saturated heterocycles. The van der Waals surface area contributed by atoms with Crippen molar-refractivity contribution in [1.29, 1.82) is 0 Å². The number of nitrogens with zero attached hydrogens (tertiary/aromatic N) is 2. The third kappa shape index (κ3) is 2.08. The van der Waals surface area contributed by atoms with Gasteiger partial charge >= 0.3 is 5.97 Å². The number of aryl methyl sites for hydroxylation is 1. The fourth-order valence-corrected chi connectivity index (χ4v) is 4.09. The summed E-state index contributed by atoms with van der Waals surface area (Å²) < 4.78 is 10.9. The first-order chi connectivity index (χ1) is 13.5. The number of carbonyl (C=O) groups is 2. The van der Waals surface area contributed by atoms with Crippen LogP contribution in [0.1, 0.15) is 23.7 Å². The van der Waals surface area contributed by atoms with Gasteiger partial charge in [0.2, 0.25) is 17.7 Å². The summed E-state index contributed by atoms with van der Waals surface area (Å²) in [5.41, 5.74) is 6.98. The Hall–Kier alpha value is -3.55. The fraction of sp³-hybridized carbons (Fsp3) is 0.250. The van der Waals surface area contributed by atoms with Crippen LogP contribution in [0.3, 0.4) is 0 Å². The number of anilines is 1. The molecule has 3 heterocycles. The van der Waals surface area contributed by atoms with E-state index in [1.807, 2.05) is 24.3 Å². The molecule has 0 aliphatic carbocycles. The second-order valence-corrected chi connectivity index (χ2v) is 6.56. The number of amides is 1. The number of hydrogen-bond acceptors (Lipinski definition) is 6. The Morgan fingerprint density at radius 2 is 2.21 bits per heavy atom. The van der Waals surface area contributed by atoms with Crippen molar-refractivity contribution in [3.05, 3.63) is 65.2 Å². The van der Waals surface area contributed by atoms with E-state index in [0.717, 1.165) is 0 Å². The number of aromatic amines is 1. The second-order valence-electron chi connectivity index (χ2n) is 6.56. The van der Waals surface area contributed by atoms with Crippen LogP contribution in [0, 0.1) is 6.92 Å². The lowest BCUT2D eigenvalue weighted by atomic mass is 9.68. The molecule has 4 rings (SSSR count). The zero-order chi connectivity index (χ0) is 20.1. The van der Waals surface area contributed by atoms with Gasteiger partial charge < -0.3 is 20.1 Å². The van der Waals surface area contributed by atoms with Gasteiger partial charge in [-0.15, -0.1) is 11.7 Å². The maximum atomic E-state index is 13.9.